The number of rotatable bonds is 3. The maximum atomic E-state index is 12.0. The number of carbonyl (C=O) groups is 2. The van der Waals surface area contributed by atoms with Crippen LogP contribution in [0, 0.1) is 5.92 Å². The number of aliphatic carboxylic acids is 1. The van der Waals surface area contributed by atoms with Crippen molar-refractivity contribution in [2.24, 2.45) is 5.92 Å². The highest BCUT2D eigenvalue weighted by Crippen LogP contribution is 2.44. The Morgan fingerprint density at radius 1 is 1.42 bits per heavy atom. The Hall–Kier alpha value is -1.43. The molecule has 0 spiro atoms. The van der Waals surface area contributed by atoms with Crippen molar-refractivity contribution in [2.75, 3.05) is 0 Å². The summed E-state index contributed by atoms with van der Waals surface area (Å²) >= 11 is 3.31. The lowest BCUT2D eigenvalue weighted by atomic mass is 9.97. The first-order valence-electron chi connectivity index (χ1n) is 6.23. The van der Waals surface area contributed by atoms with E-state index in [1.54, 1.807) is 17.2 Å². The van der Waals surface area contributed by atoms with Crippen LogP contribution in [0.2, 0.25) is 0 Å². The SMILES string of the molecule is O=C(O)C1CC(=O)N(C2CC2)C1c1ccc(Br)cn1. The lowest BCUT2D eigenvalue weighted by Gasteiger charge is -2.26. The molecule has 2 unspecified atom stereocenters. The number of carbonyl (C=O) groups excluding carboxylic acids is 1. The van der Waals surface area contributed by atoms with Gasteiger partial charge in [-0.3, -0.25) is 14.6 Å². The predicted molar refractivity (Wildman–Crippen MR) is 70.3 cm³/mol. The Labute approximate surface area is 118 Å². The van der Waals surface area contributed by atoms with Gasteiger partial charge in [0.05, 0.1) is 17.7 Å². The van der Waals surface area contributed by atoms with Gasteiger partial charge >= 0.3 is 5.97 Å². The van der Waals surface area contributed by atoms with Crippen LogP contribution in [-0.2, 0) is 9.59 Å². The van der Waals surface area contributed by atoms with Gasteiger partial charge in [-0.15, -0.1) is 0 Å². The third kappa shape index (κ3) is 2.25. The highest BCUT2D eigenvalue weighted by Gasteiger charge is 2.50. The summed E-state index contributed by atoms with van der Waals surface area (Å²) in [6.07, 6.45) is 3.65. The Kier molecular flexibility index (Phi) is 3.05. The summed E-state index contributed by atoms with van der Waals surface area (Å²) in [7, 11) is 0. The molecule has 3 rings (SSSR count). The zero-order chi connectivity index (χ0) is 13.6. The number of pyridine rings is 1. The van der Waals surface area contributed by atoms with Crippen molar-refractivity contribution in [1.82, 2.24) is 9.88 Å². The van der Waals surface area contributed by atoms with Crippen LogP contribution in [0.15, 0.2) is 22.8 Å². The van der Waals surface area contributed by atoms with Crippen molar-refractivity contribution >= 4 is 27.8 Å². The normalized spacial score (nSPS) is 26.8. The molecule has 1 amide bonds. The first-order chi connectivity index (χ1) is 9.08. The Balaban J connectivity index is 1.98. The van der Waals surface area contributed by atoms with E-state index in [2.05, 4.69) is 20.9 Å². The molecule has 2 aliphatic rings. The van der Waals surface area contributed by atoms with Crippen LogP contribution < -0.4 is 0 Å². The van der Waals surface area contributed by atoms with Crippen molar-refractivity contribution in [1.29, 1.82) is 0 Å². The zero-order valence-corrected chi connectivity index (χ0v) is 11.7. The number of hydrogen-bond acceptors (Lipinski definition) is 3. The molecule has 0 radical (unpaired) electrons. The molecular formula is C13H13BrN2O3. The lowest BCUT2D eigenvalue weighted by Crippen LogP contribution is -2.32. The summed E-state index contributed by atoms with van der Waals surface area (Å²) in [5.41, 5.74) is 0.661. The van der Waals surface area contributed by atoms with Gasteiger partial charge < -0.3 is 10.0 Å². The first kappa shape index (κ1) is 12.6. The van der Waals surface area contributed by atoms with Crippen LogP contribution in [0.1, 0.15) is 31.0 Å². The van der Waals surface area contributed by atoms with E-state index in [-0.39, 0.29) is 18.4 Å². The van der Waals surface area contributed by atoms with Gasteiger partial charge in [-0.2, -0.15) is 0 Å². The topological polar surface area (TPSA) is 70.5 Å². The van der Waals surface area contributed by atoms with E-state index in [9.17, 15) is 14.7 Å². The smallest absolute Gasteiger partial charge is 0.309 e. The van der Waals surface area contributed by atoms with Gasteiger partial charge in [0.2, 0.25) is 5.91 Å². The fourth-order valence-corrected chi connectivity index (χ4v) is 2.91. The van der Waals surface area contributed by atoms with Gasteiger partial charge in [-0.1, -0.05) is 0 Å². The van der Waals surface area contributed by atoms with Crippen LogP contribution in [0.25, 0.3) is 0 Å². The molecule has 0 bridgehead atoms. The molecule has 6 heteroatoms. The van der Waals surface area contributed by atoms with Gasteiger partial charge in [-0.05, 0) is 40.9 Å². The fourth-order valence-electron chi connectivity index (χ4n) is 2.67. The average Bonchev–Trinajstić information content (AvgIpc) is 3.14. The van der Waals surface area contributed by atoms with Gasteiger partial charge in [-0.25, -0.2) is 0 Å². The molecule has 1 saturated carbocycles. The summed E-state index contributed by atoms with van der Waals surface area (Å²) in [5, 5.41) is 9.32. The number of halogens is 1. The van der Waals surface area contributed by atoms with Crippen LogP contribution >= 0.6 is 15.9 Å². The molecule has 1 N–H and O–H groups in total. The van der Waals surface area contributed by atoms with E-state index in [0.29, 0.717) is 5.69 Å². The molecule has 1 aliphatic carbocycles. The molecule has 100 valence electrons. The van der Waals surface area contributed by atoms with E-state index in [1.165, 1.54) is 0 Å². The first-order valence-corrected chi connectivity index (χ1v) is 7.02. The van der Waals surface area contributed by atoms with E-state index in [0.717, 1.165) is 17.3 Å². The molecule has 1 aliphatic heterocycles. The minimum Gasteiger partial charge on any atom is -0.481 e. The Bertz CT molecular complexity index is 527. The van der Waals surface area contributed by atoms with Crippen molar-refractivity contribution in [3.63, 3.8) is 0 Å². The largest absolute Gasteiger partial charge is 0.481 e. The Morgan fingerprint density at radius 3 is 2.68 bits per heavy atom. The maximum Gasteiger partial charge on any atom is 0.309 e. The minimum absolute atomic E-state index is 0.0652. The summed E-state index contributed by atoms with van der Waals surface area (Å²) in [4.78, 5) is 29.4. The van der Waals surface area contributed by atoms with Crippen molar-refractivity contribution in [3.05, 3.63) is 28.5 Å². The molecule has 1 saturated heterocycles. The predicted octanol–water partition coefficient (Wildman–Crippen LogP) is 1.98. The number of aromatic nitrogens is 1. The summed E-state index contributed by atoms with van der Waals surface area (Å²) < 4.78 is 0.838. The number of amides is 1. The van der Waals surface area contributed by atoms with E-state index in [4.69, 9.17) is 0 Å². The molecule has 1 aromatic heterocycles. The monoisotopic (exact) mass is 324 g/mol. The van der Waals surface area contributed by atoms with Gasteiger partial charge in [0.1, 0.15) is 0 Å². The maximum absolute atomic E-state index is 12.0. The van der Waals surface area contributed by atoms with Crippen molar-refractivity contribution in [3.8, 4) is 0 Å². The Morgan fingerprint density at radius 2 is 2.16 bits per heavy atom. The van der Waals surface area contributed by atoms with E-state index >= 15 is 0 Å². The second-order valence-electron chi connectivity index (χ2n) is 5.03. The standard InChI is InChI=1S/C13H13BrN2O3/c14-7-1-4-10(15-6-7)12-9(13(18)19)5-11(17)16(12)8-2-3-8/h1,4,6,8-9,12H,2-3,5H2,(H,18,19). The fraction of sp³-hybridized carbons (Fsp3) is 0.462. The minimum atomic E-state index is -0.925. The molecule has 2 heterocycles. The number of hydrogen-bond donors (Lipinski definition) is 1. The molecule has 1 aromatic rings. The van der Waals surface area contributed by atoms with E-state index < -0.39 is 17.9 Å². The second-order valence-corrected chi connectivity index (χ2v) is 5.94. The summed E-state index contributed by atoms with van der Waals surface area (Å²) in [6.45, 7) is 0. The van der Waals surface area contributed by atoms with Crippen LogP contribution in [-0.4, -0.2) is 32.9 Å². The van der Waals surface area contributed by atoms with Gasteiger partial charge in [0.25, 0.3) is 0 Å². The number of nitrogens with zero attached hydrogens (tertiary/aromatic N) is 2. The highest BCUT2D eigenvalue weighted by atomic mass is 79.9. The molecule has 5 nitrogen and oxygen atoms in total. The quantitative estimate of drug-likeness (QED) is 0.922. The average molecular weight is 325 g/mol. The van der Waals surface area contributed by atoms with Crippen LogP contribution in [0.5, 0.6) is 0 Å². The van der Waals surface area contributed by atoms with Crippen LogP contribution in [0.4, 0.5) is 0 Å². The molecule has 0 aromatic carbocycles. The number of carboxylic acids is 1. The zero-order valence-electron chi connectivity index (χ0n) is 10.1. The second kappa shape index (κ2) is 4.59. The molecule has 2 fully saturated rings. The molecule has 19 heavy (non-hydrogen) atoms. The number of likely N-dealkylation sites (tertiary alicyclic amines) is 1. The van der Waals surface area contributed by atoms with Crippen LogP contribution in [0.3, 0.4) is 0 Å². The lowest BCUT2D eigenvalue weighted by molar-refractivity contribution is -0.142. The van der Waals surface area contributed by atoms with Crippen molar-refractivity contribution < 1.29 is 14.7 Å². The van der Waals surface area contributed by atoms with Gasteiger partial charge in [0.15, 0.2) is 0 Å². The third-order valence-electron chi connectivity index (χ3n) is 3.67. The summed E-state index contributed by atoms with van der Waals surface area (Å²) in [6, 6.07) is 3.39. The van der Waals surface area contributed by atoms with Gasteiger partial charge in [0, 0.05) is 23.1 Å². The number of carboxylic acid groups (broad SMARTS) is 1. The molecular weight excluding hydrogens is 312 g/mol. The van der Waals surface area contributed by atoms with Crippen molar-refractivity contribution in [2.45, 2.75) is 31.3 Å². The third-order valence-corrected chi connectivity index (χ3v) is 4.14. The van der Waals surface area contributed by atoms with E-state index in [1.807, 2.05) is 6.07 Å². The summed E-state index contributed by atoms with van der Waals surface area (Å²) in [5.74, 6) is -1.68. The highest BCUT2D eigenvalue weighted by molar-refractivity contribution is 9.10. The molecule has 2 atom stereocenters.